The summed E-state index contributed by atoms with van der Waals surface area (Å²) >= 11 is 0. The SMILES string of the molecule is CC(=O)O[C@@H]1OC(COC(=O)c2ccccc2)[C@H](C)[C@H](N=[N+]=[N-])C1C. The maximum atomic E-state index is 12.1. The molecule has 134 valence electrons. The van der Waals surface area contributed by atoms with E-state index >= 15 is 0 Å². The van der Waals surface area contributed by atoms with Crippen LogP contribution in [0.15, 0.2) is 35.4 Å². The summed E-state index contributed by atoms with van der Waals surface area (Å²) in [7, 11) is 0. The van der Waals surface area contributed by atoms with Crippen LogP contribution in [-0.4, -0.2) is 37.0 Å². The Morgan fingerprint density at radius 3 is 2.52 bits per heavy atom. The number of esters is 2. The van der Waals surface area contributed by atoms with Crippen LogP contribution >= 0.6 is 0 Å². The summed E-state index contributed by atoms with van der Waals surface area (Å²) in [4.78, 5) is 26.2. The van der Waals surface area contributed by atoms with Crippen molar-refractivity contribution in [2.45, 2.75) is 39.2 Å². The van der Waals surface area contributed by atoms with Crippen molar-refractivity contribution in [1.82, 2.24) is 0 Å². The fourth-order valence-electron chi connectivity index (χ4n) is 2.85. The van der Waals surface area contributed by atoms with E-state index in [1.807, 2.05) is 6.92 Å². The van der Waals surface area contributed by atoms with E-state index in [0.29, 0.717) is 5.56 Å². The zero-order chi connectivity index (χ0) is 18.4. The average molecular weight is 347 g/mol. The lowest BCUT2D eigenvalue weighted by atomic mass is 9.84. The molecule has 1 aromatic rings. The zero-order valence-electron chi connectivity index (χ0n) is 14.4. The molecule has 5 atom stereocenters. The van der Waals surface area contributed by atoms with Crippen molar-refractivity contribution >= 4 is 11.9 Å². The predicted molar refractivity (Wildman–Crippen MR) is 88.4 cm³/mol. The number of ether oxygens (including phenoxy) is 3. The molecule has 1 fully saturated rings. The molecule has 8 nitrogen and oxygen atoms in total. The van der Waals surface area contributed by atoms with Gasteiger partial charge in [0.25, 0.3) is 0 Å². The van der Waals surface area contributed by atoms with Crippen LogP contribution in [-0.2, 0) is 19.0 Å². The number of hydrogen-bond acceptors (Lipinski definition) is 6. The van der Waals surface area contributed by atoms with Crippen LogP contribution in [0.3, 0.4) is 0 Å². The van der Waals surface area contributed by atoms with Crippen molar-refractivity contribution in [2.24, 2.45) is 17.0 Å². The molecular formula is C17H21N3O5. The highest BCUT2D eigenvalue weighted by Gasteiger charge is 2.43. The average Bonchev–Trinajstić information content (AvgIpc) is 2.60. The van der Waals surface area contributed by atoms with Gasteiger partial charge in [-0.3, -0.25) is 4.79 Å². The highest BCUT2D eigenvalue weighted by molar-refractivity contribution is 5.89. The maximum Gasteiger partial charge on any atom is 0.338 e. The number of hydrogen-bond donors (Lipinski definition) is 0. The molecular weight excluding hydrogens is 326 g/mol. The van der Waals surface area contributed by atoms with Gasteiger partial charge in [-0.2, -0.15) is 0 Å². The van der Waals surface area contributed by atoms with E-state index in [1.54, 1.807) is 37.3 Å². The molecule has 0 radical (unpaired) electrons. The molecule has 1 aliphatic rings. The van der Waals surface area contributed by atoms with Crippen molar-refractivity contribution in [1.29, 1.82) is 0 Å². The van der Waals surface area contributed by atoms with Crippen molar-refractivity contribution in [3.63, 3.8) is 0 Å². The third kappa shape index (κ3) is 4.71. The van der Waals surface area contributed by atoms with Crippen LogP contribution < -0.4 is 0 Å². The second-order valence-electron chi connectivity index (χ2n) is 6.03. The molecule has 0 aliphatic carbocycles. The molecule has 0 amide bonds. The van der Waals surface area contributed by atoms with E-state index in [2.05, 4.69) is 10.0 Å². The van der Waals surface area contributed by atoms with Crippen molar-refractivity contribution in [3.05, 3.63) is 46.3 Å². The Morgan fingerprint density at radius 1 is 1.24 bits per heavy atom. The third-order valence-electron chi connectivity index (χ3n) is 4.26. The molecule has 0 N–H and O–H groups in total. The van der Waals surface area contributed by atoms with Gasteiger partial charge in [-0.15, -0.1) is 0 Å². The first kappa shape index (κ1) is 18.8. The van der Waals surface area contributed by atoms with Gasteiger partial charge >= 0.3 is 11.9 Å². The summed E-state index contributed by atoms with van der Waals surface area (Å²) < 4.78 is 16.3. The number of carbonyl (C=O) groups is 2. The number of nitrogens with zero attached hydrogens (tertiary/aromatic N) is 3. The van der Waals surface area contributed by atoms with Gasteiger partial charge in [0.15, 0.2) is 0 Å². The first-order chi connectivity index (χ1) is 11.9. The molecule has 0 spiro atoms. The Bertz CT molecular complexity index is 660. The van der Waals surface area contributed by atoms with Crippen LogP contribution in [0.2, 0.25) is 0 Å². The smallest absolute Gasteiger partial charge is 0.338 e. The molecule has 0 saturated carbocycles. The largest absolute Gasteiger partial charge is 0.459 e. The molecule has 25 heavy (non-hydrogen) atoms. The maximum absolute atomic E-state index is 12.1. The van der Waals surface area contributed by atoms with Crippen molar-refractivity contribution in [3.8, 4) is 0 Å². The van der Waals surface area contributed by atoms with E-state index in [-0.39, 0.29) is 18.4 Å². The third-order valence-corrected chi connectivity index (χ3v) is 4.26. The molecule has 8 heteroatoms. The quantitative estimate of drug-likeness (QED) is 0.352. The van der Waals surface area contributed by atoms with E-state index in [1.165, 1.54) is 6.92 Å². The van der Waals surface area contributed by atoms with Gasteiger partial charge in [-0.1, -0.05) is 37.2 Å². The number of rotatable bonds is 5. The van der Waals surface area contributed by atoms with Crippen molar-refractivity contribution < 1.29 is 23.8 Å². The summed E-state index contributed by atoms with van der Waals surface area (Å²) in [6, 6.07) is 8.15. The summed E-state index contributed by atoms with van der Waals surface area (Å²) in [5.74, 6) is -1.48. The van der Waals surface area contributed by atoms with Gasteiger partial charge in [0, 0.05) is 17.8 Å². The first-order valence-corrected chi connectivity index (χ1v) is 8.03. The lowest BCUT2D eigenvalue weighted by Gasteiger charge is -2.41. The Labute approximate surface area is 145 Å². The normalized spacial score (nSPS) is 28.5. The topological polar surface area (TPSA) is 111 Å². The molecule has 1 aromatic carbocycles. The fraction of sp³-hybridized carbons (Fsp3) is 0.529. The van der Waals surface area contributed by atoms with Gasteiger partial charge in [0.05, 0.1) is 17.7 Å². The lowest BCUT2D eigenvalue weighted by molar-refractivity contribution is -0.237. The van der Waals surface area contributed by atoms with Crippen LogP contribution in [0.25, 0.3) is 10.4 Å². The minimum atomic E-state index is -0.857. The molecule has 1 aliphatic heterocycles. The van der Waals surface area contributed by atoms with Crippen LogP contribution in [0.5, 0.6) is 0 Å². The molecule has 1 heterocycles. The second-order valence-corrected chi connectivity index (χ2v) is 6.03. The van der Waals surface area contributed by atoms with Crippen LogP contribution in [0.4, 0.5) is 0 Å². The highest BCUT2D eigenvalue weighted by Crippen LogP contribution is 2.33. The van der Waals surface area contributed by atoms with Crippen LogP contribution in [0, 0.1) is 11.8 Å². The highest BCUT2D eigenvalue weighted by atomic mass is 16.7. The van der Waals surface area contributed by atoms with E-state index < -0.39 is 30.4 Å². The Kier molecular flexibility index (Phi) is 6.38. The number of benzene rings is 1. The minimum Gasteiger partial charge on any atom is -0.459 e. The Balaban J connectivity index is 2.08. The van der Waals surface area contributed by atoms with Gasteiger partial charge in [-0.05, 0) is 23.6 Å². The molecule has 2 rings (SSSR count). The van der Waals surface area contributed by atoms with Gasteiger partial charge in [-0.25, -0.2) is 4.79 Å². The van der Waals surface area contributed by atoms with E-state index in [9.17, 15) is 9.59 Å². The zero-order valence-corrected chi connectivity index (χ0v) is 14.4. The van der Waals surface area contributed by atoms with E-state index in [4.69, 9.17) is 19.7 Å². The monoisotopic (exact) mass is 347 g/mol. The van der Waals surface area contributed by atoms with Gasteiger partial charge in [0.2, 0.25) is 6.29 Å². The summed E-state index contributed by atoms with van der Waals surface area (Å²) in [5.41, 5.74) is 9.23. The Hall–Kier alpha value is -2.57. The molecule has 0 aromatic heterocycles. The standard InChI is InChI=1S/C17H21N3O5/c1-10-14(9-23-16(22)13-7-5-4-6-8-13)25-17(24-12(3)21)11(2)15(10)19-20-18/h4-8,10-11,14-15,17H,9H2,1-3H3/t10-,11?,14?,15-,17+/m0/s1. The van der Waals surface area contributed by atoms with Crippen molar-refractivity contribution in [2.75, 3.05) is 6.61 Å². The van der Waals surface area contributed by atoms with E-state index in [0.717, 1.165) is 0 Å². The number of carbonyl (C=O) groups excluding carboxylic acids is 2. The molecule has 0 bridgehead atoms. The molecule has 1 saturated heterocycles. The van der Waals surface area contributed by atoms with Gasteiger partial charge < -0.3 is 14.2 Å². The number of azide groups is 1. The second kappa shape index (κ2) is 8.50. The molecule has 2 unspecified atom stereocenters. The summed E-state index contributed by atoms with van der Waals surface area (Å²) in [5, 5.41) is 3.81. The van der Waals surface area contributed by atoms with Gasteiger partial charge in [0.1, 0.15) is 6.61 Å². The lowest BCUT2D eigenvalue weighted by Crippen LogP contribution is -2.51. The summed E-state index contributed by atoms with van der Waals surface area (Å²) in [6.45, 7) is 4.88. The Morgan fingerprint density at radius 2 is 1.92 bits per heavy atom. The predicted octanol–water partition coefficient (Wildman–Crippen LogP) is 3.08. The van der Waals surface area contributed by atoms with Crippen LogP contribution in [0.1, 0.15) is 31.1 Å². The summed E-state index contributed by atoms with van der Waals surface area (Å²) in [6.07, 6.45) is -1.41. The minimum absolute atomic E-state index is 0.0309. The first-order valence-electron chi connectivity index (χ1n) is 8.03. The fourth-order valence-corrected chi connectivity index (χ4v) is 2.85.